The van der Waals surface area contributed by atoms with Crippen molar-refractivity contribution in [3.63, 3.8) is 0 Å². The first-order valence-corrected chi connectivity index (χ1v) is 7.58. The van der Waals surface area contributed by atoms with E-state index in [1.165, 1.54) is 24.7 Å². The van der Waals surface area contributed by atoms with Gasteiger partial charge >= 0.3 is 5.97 Å². The van der Waals surface area contributed by atoms with Gasteiger partial charge < -0.3 is 4.74 Å². The molecule has 3 rings (SSSR count). The Balaban J connectivity index is 1.75. The summed E-state index contributed by atoms with van der Waals surface area (Å²) in [7, 11) is 1.48. The Kier molecular flexibility index (Phi) is 3.63. The molecular formula is C15H18BrNO2. The maximum atomic E-state index is 11.6. The largest absolute Gasteiger partial charge is 0.469 e. The summed E-state index contributed by atoms with van der Waals surface area (Å²) in [6, 6.07) is 7.05. The number of likely N-dealkylation sites (tertiary alicyclic amines) is 1. The second kappa shape index (κ2) is 5.25. The lowest BCUT2D eigenvalue weighted by Gasteiger charge is -2.24. The fourth-order valence-corrected chi connectivity index (χ4v) is 3.78. The number of methoxy groups -OCH3 is 1. The van der Waals surface area contributed by atoms with Crippen molar-refractivity contribution in [3.05, 3.63) is 33.8 Å². The highest BCUT2D eigenvalue weighted by Crippen LogP contribution is 2.39. The summed E-state index contributed by atoms with van der Waals surface area (Å²) >= 11 is 3.53. The van der Waals surface area contributed by atoms with E-state index in [0.29, 0.717) is 6.04 Å². The molecule has 0 saturated carbocycles. The monoisotopic (exact) mass is 323 g/mol. The summed E-state index contributed by atoms with van der Waals surface area (Å²) in [6.45, 7) is 1.84. The zero-order valence-electron chi connectivity index (χ0n) is 11.1. The molecule has 2 aliphatic rings. The molecule has 1 fully saturated rings. The lowest BCUT2D eigenvalue weighted by molar-refractivity contribution is -0.145. The lowest BCUT2D eigenvalue weighted by Crippen LogP contribution is -2.27. The third-order valence-corrected chi connectivity index (χ3v) is 4.84. The van der Waals surface area contributed by atoms with E-state index in [-0.39, 0.29) is 11.9 Å². The van der Waals surface area contributed by atoms with Gasteiger partial charge in [-0.2, -0.15) is 0 Å². The van der Waals surface area contributed by atoms with E-state index < -0.39 is 0 Å². The maximum Gasteiger partial charge on any atom is 0.310 e. The molecule has 1 aliphatic heterocycles. The topological polar surface area (TPSA) is 29.5 Å². The van der Waals surface area contributed by atoms with Crippen molar-refractivity contribution in [2.24, 2.45) is 5.92 Å². The Labute approximate surface area is 122 Å². The Bertz CT molecular complexity index is 503. The molecule has 0 bridgehead atoms. The van der Waals surface area contributed by atoms with E-state index in [4.69, 9.17) is 4.74 Å². The van der Waals surface area contributed by atoms with Crippen LogP contribution in [-0.2, 0) is 16.0 Å². The van der Waals surface area contributed by atoms with Crippen LogP contribution in [0.4, 0.5) is 0 Å². The summed E-state index contributed by atoms with van der Waals surface area (Å²) in [5, 5.41) is 0. The van der Waals surface area contributed by atoms with E-state index in [0.717, 1.165) is 30.4 Å². The Morgan fingerprint density at radius 1 is 1.42 bits per heavy atom. The van der Waals surface area contributed by atoms with Gasteiger partial charge in [-0.15, -0.1) is 0 Å². The number of fused-ring (bicyclic) bond motifs is 1. The summed E-state index contributed by atoms with van der Waals surface area (Å²) in [6.07, 6.45) is 3.23. The van der Waals surface area contributed by atoms with Crippen molar-refractivity contribution >= 4 is 21.9 Å². The van der Waals surface area contributed by atoms with Crippen molar-refractivity contribution in [2.75, 3.05) is 20.2 Å². The molecule has 1 aromatic carbocycles. The normalized spacial score (nSPS) is 26.4. The minimum absolute atomic E-state index is 0.0588. The van der Waals surface area contributed by atoms with Gasteiger partial charge in [-0.3, -0.25) is 9.69 Å². The Morgan fingerprint density at radius 3 is 3.05 bits per heavy atom. The van der Waals surface area contributed by atoms with Crippen LogP contribution in [0.2, 0.25) is 0 Å². The number of hydrogen-bond donors (Lipinski definition) is 0. The molecular weight excluding hydrogens is 306 g/mol. The van der Waals surface area contributed by atoms with Crippen molar-refractivity contribution in [1.29, 1.82) is 0 Å². The van der Waals surface area contributed by atoms with Crippen molar-refractivity contribution in [2.45, 2.75) is 25.3 Å². The zero-order valence-corrected chi connectivity index (χ0v) is 12.6. The first-order chi connectivity index (χ1) is 9.19. The molecule has 102 valence electrons. The van der Waals surface area contributed by atoms with Crippen LogP contribution in [0, 0.1) is 5.92 Å². The quantitative estimate of drug-likeness (QED) is 0.784. The van der Waals surface area contributed by atoms with Crippen molar-refractivity contribution in [3.8, 4) is 0 Å². The molecule has 0 radical (unpaired) electrons. The van der Waals surface area contributed by atoms with Gasteiger partial charge in [-0.05, 0) is 49.1 Å². The number of carbonyl (C=O) groups is 1. The van der Waals surface area contributed by atoms with Gasteiger partial charge in [-0.1, -0.05) is 22.0 Å². The second-order valence-corrected chi connectivity index (χ2v) is 6.32. The molecule has 1 aliphatic carbocycles. The molecule has 1 saturated heterocycles. The number of rotatable bonds is 2. The second-order valence-electron chi connectivity index (χ2n) is 5.40. The van der Waals surface area contributed by atoms with Gasteiger partial charge in [0, 0.05) is 17.1 Å². The summed E-state index contributed by atoms with van der Waals surface area (Å²) in [5.41, 5.74) is 2.88. The molecule has 0 amide bonds. The third-order valence-electron chi connectivity index (χ3n) is 4.35. The minimum atomic E-state index is -0.0588. The number of carbonyl (C=O) groups excluding carboxylic acids is 1. The molecule has 2 unspecified atom stereocenters. The molecule has 0 spiro atoms. The van der Waals surface area contributed by atoms with E-state index in [1.807, 2.05) is 0 Å². The number of aryl methyl sites for hydroxylation is 1. The highest BCUT2D eigenvalue weighted by atomic mass is 79.9. The predicted molar refractivity (Wildman–Crippen MR) is 76.9 cm³/mol. The highest BCUT2D eigenvalue weighted by Gasteiger charge is 2.36. The fourth-order valence-electron chi connectivity index (χ4n) is 3.37. The number of benzene rings is 1. The Morgan fingerprint density at radius 2 is 2.26 bits per heavy atom. The zero-order chi connectivity index (χ0) is 13.4. The van der Waals surface area contributed by atoms with Crippen LogP contribution in [0.3, 0.4) is 0 Å². The van der Waals surface area contributed by atoms with Crippen LogP contribution < -0.4 is 0 Å². The lowest BCUT2D eigenvalue weighted by atomic mass is 10.1. The number of nitrogens with zero attached hydrogens (tertiary/aromatic N) is 1. The Hall–Kier alpha value is -0.870. The van der Waals surface area contributed by atoms with E-state index in [2.05, 4.69) is 39.0 Å². The molecule has 1 heterocycles. The van der Waals surface area contributed by atoms with Gasteiger partial charge in [0.05, 0.1) is 13.0 Å². The number of ether oxygens (including phenoxy) is 1. The maximum absolute atomic E-state index is 11.6. The van der Waals surface area contributed by atoms with Gasteiger partial charge in [-0.25, -0.2) is 0 Å². The van der Waals surface area contributed by atoms with Crippen LogP contribution >= 0.6 is 15.9 Å². The van der Waals surface area contributed by atoms with Crippen LogP contribution in [0.5, 0.6) is 0 Å². The fraction of sp³-hybridized carbons (Fsp3) is 0.533. The van der Waals surface area contributed by atoms with Crippen molar-refractivity contribution < 1.29 is 9.53 Å². The van der Waals surface area contributed by atoms with Gasteiger partial charge in [0.15, 0.2) is 0 Å². The number of hydrogen-bond acceptors (Lipinski definition) is 3. The standard InChI is InChI=1S/C15H18BrNO2/c1-19-15(18)11-6-7-17(9-11)14-5-2-10-8-12(16)3-4-13(10)14/h3-4,8,11,14H,2,5-7,9H2,1H3. The number of halogens is 1. The van der Waals surface area contributed by atoms with E-state index in [1.54, 1.807) is 0 Å². The first-order valence-electron chi connectivity index (χ1n) is 6.79. The van der Waals surface area contributed by atoms with Gasteiger partial charge in [0.1, 0.15) is 0 Å². The van der Waals surface area contributed by atoms with Gasteiger partial charge in [0.2, 0.25) is 0 Å². The smallest absolute Gasteiger partial charge is 0.310 e. The SMILES string of the molecule is COC(=O)C1CCN(C2CCc3cc(Br)ccc32)C1. The van der Waals surface area contributed by atoms with E-state index >= 15 is 0 Å². The molecule has 0 N–H and O–H groups in total. The minimum Gasteiger partial charge on any atom is -0.469 e. The first kappa shape index (κ1) is 13.1. The third kappa shape index (κ3) is 2.43. The average molecular weight is 324 g/mol. The summed E-state index contributed by atoms with van der Waals surface area (Å²) < 4.78 is 6.01. The van der Waals surface area contributed by atoms with Gasteiger partial charge in [0.25, 0.3) is 0 Å². The summed E-state index contributed by atoms with van der Waals surface area (Å²) in [4.78, 5) is 14.1. The molecule has 1 aromatic rings. The predicted octanol–water partition coefficient (Wildman–Crippen LogP) is 2.93. The number of esters is 1. The molecule has 2 atom stereocenters. The van der Waals surface area contributed by atoms with Crippen LogP contribution in [-0.4, -0.2) is 31.1 Å². The van der Waals surface area contributed by atoms with Crippen LogP contribution in [0.15, 0.2) is 22.7 Å². The average Bonchev–Trinajstić information content (AvgIpc) is 3.03. The molecule has 0 aromatic heterocycles. The van der Waals surface area contributed by atoms with Crippen LogP contribution in [0.1, 0.15) is 30.0 Å². The molecule has 19 heavy (non-hydrogen) atoms. The van der Waals surface area contributed by atoms with Crippen molar-refractivity contribution in [1.82, 2.24) is 4.90 Å². The van der Waals surface area contributed by atoms with Crippen LogP contribution in [0.25, 0.3) is 0 Å². The molecule has 3 nitrogen and oxygen atoms in total. The highest BCUT2D eigenvalue weighted by molar-refractivity contribution is 9.10. The summed E-state index contributed by atoms with van der Waals surface area (Å²) in [5.74, 6) is 0.000949. The van der Waals surface area contributed by atoms with E-state index in [9.17, 15) is 4.79 Å². The molecule has 4 heteroatoms.